The van der Waals surface area contributed by atoms with E-state index in [1.54, 1.807) is 0 Å². The molecule has 1 aromatic heterocycles. The fourth-order valence-corrected chi connectivity index (χ4v) is 5.78. The lowest BCUT2D eigenvalue weighted by molar-refractivity contribution is -0.0151. The van der Waals surface area contributed by atoms with Gasteiger partial charge < -0.3 is 19.3 Å². The number of rotatable bonds is 5. The second-order valence-electron chi connectivity index (χ2n) is 10.3. The molecule has 0 amide bonds. The summed E-state index contributed by atoms with van der Waals surface area (Å²) in [5.41, 5.74) is 5.23. The quantitative estimate of drug-likeness (QED) is 0.654. The third-order valence-electron chi connectivity index (χ3n) is 7.29. The molecule has 1 N–H and O–H groups in total. The zero-order valence-electron chi connectivity index (χ0n) is 19.7. The average Bonchev–Trinajstić information content (AvgIpc) is 3.34. The van der Waals surface area contributed by atoms with Crippen LogP contribution in [0.5, 0.6) is 0 Å². The first-order valence-electron chi connectivity index (χ1n) is 11.9. The SMILES string of the molecule is CO[C@@H]1CN(CC2Cc3ccccc3C2)CC[C@@H]1n1c(C(C)(C)O)nc2cc(C)ccc21. The summed E-state index contributed by atoms with van der Waals surface area (Å²) in [6, 6.07) is 15.4. The highest BCUT2D eigenvalue weighted by Gasteiger charge is 2.37. The summed E-state index contributed by atoms with van der Waals surface area (Å²) in [6.07, 6.45) is 3.41. The van der Waals surface area contributed by atoms with Gasteiger partial charge >= 0.3 is 0 Å². The molecule has 1 fully saturated rings. The topological polar surface area (TPSA) is 50.5 Å². The number of piperidine rings is 1. The van der Waals surface area contributed by atoms with Gasteiger partial charge in [-0.3, -0.25) is 0 Å². The van der Waals surface area contributed by atoms with E-state index in [0.29, 0.717) is 5.92 Å². The van der Waals surface area contributed by atoms with Crippen LogP contribution in [0.25, 0.3) is 11.0 Å². The lowest BCUT2D eigenvalue weighted by Gasteiger charge is -2.40. The van der Waals surface area contributed by atoms with E-state index in [0.717, 1.165) is 42.9 Å². The van der Waals surface area contributed by atoms with Crippen molar-refractivity contribution in [2.45, 2.75) is 57.8 Å². The van der Waals surface area contributed by atoms with Gasteiger partial charge in [-0.05, 0) is 74.8 Å². The Bertz CT molecular complexity index is 1090. The van der Waals surface area contributed by atoms with Crippen molar-refractivity contribution in [3.05, 3.63) is 65.0 Å². The van der Waals surface area contributed by atoms with Crippen molar-refractivity contribution < 1.29 is 9.84 Å². The van der Waals surface area contributed by atoms with E-state index >= 15 is 0 Å². The van der Waals surface area contributed by atoms with E-state index in [1.807, 2.05) is 21.0 Å². The fraction of sp³-hybridized carbons (Fsp3) is 0.519. The maximum Gasteiger partial charge on any atom is 0.141 e. The van der Waals surface area contributed by atoms with E-state index in [-0.39, 0.29) is 12.1 Å². The van der Waals surface area contributed by atoms with Gasteiger partial charge in [-0.2, -0.15) is 0 Å². The normalized spacial score (nSPS) is 22.5. The summed E-state index contributed by atoms with van der Waals surface area (Å²) in [6.45, 7) is 8.79. The minimum atomic E-state index is -1.02. The smallest absolute Gasteiger partial charge is 0.141 e. The molecular weight excluding hydrogens is 398 g/mol. The summed E-state index contributed by atoms with van der Waals surface area (Å²) in [5, 5.41) is 10.9. The molecule has 2 heterocycles. The molecular formula is C27H35N3O2. The molecule has 2 aromatic carbocycles. The van der Waals surface area contributed by atoms with Crippen molar-refractivity contribution in [1.82, 2.24) is 14.5 Å². The van der Waals surface area contributed by atoms with E-state index in [4.69, 9.17) is 9.72 Å². The largest absolute Gasteiger partial charge is 0.383 e. The Morgan fingerprint density at radius 3 is 2.50 bits per heavy atom. The molecule has 5 rings (SSSR count). The number of methoxy groups -OCH3 is 1. The Morgan fingerprint density at radius 1 is 1.12 bits per heavy atom. The maximum atomic E-state index is 10.9. The van der Waals surface area contributed by atoms with Crippen LogP contribution in [0.15, 0.2) is 42.5 Å². The lowest BCUT2D eigenvalue weighted by Crippen LogP contribution is -2.47. The zero-order chi connectivity index (χ0) is 22.5. The molecule has 1 aliphatic heterocycles. The van der Waals surface area contributed by atoms with Gasteiger partial charge in [0.2, 0.25) is 0 Å². The van der Waals surface area contributed by atoms with Crippen LogP contribution in [0, 0.1) is 12.8 Å². The first-order valence-corrected chi connectivity index (χ1v) is 11.9. The van der Waals surface area contributed by atoms with Crippen LogP contribution < -0.4 is 0 Å². The molecule has 5 heteroatoms. The number of likely N-dealkylation sites (tertiary alicyclic amines) is 1. The van der Waals surface area contributed by atoms with Crippen molar-refractivity contribution in [1.29, 1.82) is 0 Å². The predicted octanol–water partition coefficient (Wildman–Crippen LogP) is 4.25. The number of aryl methyl sites for hydroxylation is 1. The molecule has 32 heavy (non-hydrogen) atoms. The van der Waals surface area contributed by atoms with Gasteiger partial charge in [0.1, 0.15) is 11.4 Å². The molecule has 0 radical (unpaired) electrons. The minimum Gasteiger partial charge on any atom is -0.383 e. The van der Waals surface area contributed by atoms with Crippen molar-refractivity contribution in [3.63, 3.8) is 0 Å². The Hall–Kier alpha value is -2.21. The van der Waals surface area contributed by atoms with Crippen LogP contribution in [-0.2, 0) is 23.2 Å². The first-order chi connectivity index (χ1) is 15.3. The second-order valence-corrected chi connectivity index (χ2v) is 10.3. The molecule has 0 unspecified atom stereocenters. The first kappa shape index (κ1) is 21.6. The van der Waals surface area contributed by atoms with Gasteiger partial charge in [-0.1, -0.05) is 30.3 Å². The van der Waals surface area contributed by atoms with Crippen LogP contribution in [0.3, 0.4) is 0 Å². The summed E-state index contributed by atoms with van der Waals surface area (Å²) in [4.78, 5) is 7.44. The van der Waals surface area contributed by atoms with E-state index in [9.17, 15) is 5.11 Å². The number of nitrogens with zero attached hydrogens (tertiary/aromatic N) is 3. The Labute approximate surface area is 191 Å². The number of ether oxygens (including phenoxy) is 1. The standard InChI is InChI=1S/C27H35N3O2/c1-18-9-10-23-22(13-18)28-26(27(2,3)31)30(23)24-11-12-29(17-25(24)32-4)16-19-14-20-7-5-6-8-21(20)15-19/h5-10,13,19,24-25,31H,11-12,14-17H2,1-4H3/t24-,25+/m0/s1. The summed E-state index contributed by atoms with van der Waals surface area (Å²) in [5.74, 6) is 1.41. The number of aliphatic hydroxyl groups is 1. The van der Waals surface area contributed by atoms with Gasteiger partial charge in [0, 0.05) is 26.7 Å². The van der Waals surface area contributed by atoms with Gasteiger partial charge in [0.25, 0.3) is 0 Å². The van der Waals surface area contributed by atoms with Crippen LogP contribution in [-0.4, -0.2) is 52.4 Å². The number of aromatic nitrogens is 2. The zero-order valence-corrected chi connectivity index (χ0v) is 19.7. The Kier molecular flexibility index (Phi) is 5.60. The maximum absolute atomic E-state index is 10.9. The van der Waals surface area contributed by atoms with Crippen LogP contribution >= 0.6 is 0 Å². The van der Waals surface area contributed by atoms with Crippen molar-refractivity contribution in [2.24, 2.45) is 5.92 Å². The van der Waals surface area contributed by atoms with Crippen LogP contribution in [0.2, 0.25) is 0 Å². The Balaban J connectivity index is 1.38. The van der Waals surface area contributed by atoms with Gasteiger partial charge in [-0.25, -0.2) is 4.98 Å². The lowest BCUT2D eigenvalue weighted by atomic mass is 9.97. The van der Waals surface area contributed by atoms with Crippen LogP contribution in [0.4, 0.5) is 0 Å². The highest BCUT2D eigenvalue weighted by Crippen LogP contribution is 2.35. The minimum absolute atomic E-state index is 0.0623. The number of fused-ring (bicyclic) bond motifs is 2. The number of imidazole rings is 1. The third-order valence-corrected chi connectivity index (χ3v) is 7.29. The molecule has 1 aliphatic carbocycles. The van der Waals surface area contributed by atoms with Crippen molar-refractivity contribution >= 4 is 11.0 Å². The summed E-state index contributed by atoms with van der Waals surface area (Å²) in [7, 11) is 1.82. The summed E-state index contributed by atoms with van der Waals surface area (Å²) >= 11 is 0. The molecule has 0 saturated carbocycles. The Morgan fingerprint density at radius 2 is 1.84 bits per heavy atom. The molecule has 2 atom stereocenters. The predicted molar refractivity (Wildman–Crippen MR) is 128 cm³/mol. The average molecular weight is 434 g/mol. The second kappa shape index (κ2) is 8.29. The molecule has 0 bridgehead atoms. The summed E-state index contributed by atoms with van der Waals surface area (Å²) < 4.78 is 8.31. The van der Waals surface area contributed by atoms with Gasteiger partial charge in [0.05, 0.1) is 23.2 Å². The monoisotopic (exact) mass is 433 g/mol. The number of hydrogen-bond acceptors (Lipinski definition) is 4. The van der Waals surface area contributed by atoms with E-state index in [1.165, 1.54) is 29.5 Å². The van der Waals surface area contributed by atoms with Crippen LogP contribution in [0.1, 0.15) is 48.8 Å². The molecule has 170 valence electrons. The van der Waals surface area contributed by atoms with Crippen molar-refractivity contribution in [3.8, 4) is 0 Å². The molecule has 1 saturated heterocycles. The van der Waals surface area contributed by atoms with E-state index < -0.39 is 5.60 Å². The van der Waals surface area contributed by atoms with E-state index in [2.05, 4.69) is 58.9 Å². The third kappa shape index (κ3) is 3.98. The fourth-order valence-electron chi connectivity index (χ4n) is 5.78. The molecule has 5 nitrogen and oxygen atoms in total. The number of benzene rings is 2. The van der Waals surface area contributed by atoms with Crippen molar-refractivity contribution in [2.75, 3.05) is 26.7 Å². The molecule has 2 aliphatic rings. The highest BCUT2D eigenvalue weighted by atomic mass is 16.5. The molecule has 3 aromatic rings. The van der Waals surface area contributed by atoms with Gasteiger partial charge in [0.15, 0.2) is 0 Å². The molecule has 0 spiro atoms. The van der Waals surface area contributed by atoms with Gasteiger partial charge in [-0.15, -0.1) is 0 Å². The highest BCUT2D eigenvalue weighted by molar-refractivity contribution is 5.77. The number of hydrogen-bond donors (Lipinski definition) is 1.